The molecule has 0 atom stereocenters. The number of amides is 1. The minimum absolute atomic E-state index is 0.0591. The topological polar surface area (TPSA) is 51.2 Å². The molecule has 22 heavy (non-hydrogen) atoms. The molecule has 2 aromatic rings. The van der Waals surface area contributed by atoms with Crippen LogP contribution in [0.15, 0.2) is 47.2 Å². The van der Waals surface area contributed by atoms with Crippen LogP contribution in [0.3, 0.4) is 0 Å². The molecule has 0 radical (unpaired) electrons. The lowest BCUT2D eigenvalue weighted by Crippen LogP contribution is -2.20. The Kier molecular flexibility index (Phi) is 5.02. The monoisotopic (exact) mass is 374 g/mol. The first-order valence-corrected chi connectivity index (χ1v) is 6.85. The van der Waals surface area contributed by atoms with Crippen LogP contribution in [-0.4, -0.2) is 23.7 Å². The van der Waals surface area contributed by atoms with Gasteiger partial charge in [-0.3, -0.25) is 9.78 Å². The maximum Gasteiger partial charge on any atom is 0.422 e. The van der Waals surface area contributed by atoms with E-state index in [4.69, 9.17) is 4.74 Å². The van der Waals surface area contributed by atoms with Crippen LogP contribution in [0, 0.1) is 0 Å². The van der Waals surface area contributed by atoms with Crippen LogP contribution in [0.4, 0.5) is 18.9 Å². The highest BCUT2D eigenvalue weighted by Gasteiger charge is 2.28. The molecule has 2 rings (SSSR count). The number of carbonyl (C=O) groups excluding carboxylic acids is 1. The van der Waals surface area contributed by atoms with Crippen molar-refractivity contribution in [3.63, 3.8) is 0 Å². The van der Waals surface area contributed by atoms with E-state index in [0.717, 1.165) is 0 Å². The molecular formula is C14H10BrF3N2O2. The van der Waals surface area contributed by atoms with E-state index in [-0.39, 0.29) is 17.0 Å². The number of hydrogen-bond acceptors (Lipinski definition) is 3. The van der Waals surface area contributed by atoms with Gasteiger partial charge in [-0.15, -0.1) is 0 Å². The highest BCUT2D eigenvalue weighted by atomic mass is 79.9. The molecule has 0 saturated heterocycles. The van der Waals surface area contributed by atoms with Crippen molar-refractivity contribution in [3.05, 3.63) is 52.8 Å². The van der Waals surface area contributed by atoms with E-state index < -0.39 is 18.7 Å². The van der Waals surface area contributed by atoms with Gasteiger partial charge < -0.3 is 10.1 Å². The van der Waals surface area contributed by atoms with Gasteiger partial charge in [-0.05, 0) is 34.1 Å². The van der Waals surface area contributed by atoms with Gasteiger partial charge in [0.05, 0.1) is 11.3 Å². The van der Waals surface area contributed by atoms with Crippen molar-refractivity contribution in [3.8, 4) is 5.75 Å². The average Bonchev–Trinajstić information content (AvgIpc) is 2.45. The standard InChI is InChI=1S/C14H10BrF3N2O2/c15-10-5-9(6-19-7-10)13(21)20-11-3-1-2-4-12(11)22-8-14(16,17)18/h1-7H,8H2,(H,20,21). The number of hydrogen-bond donors (Lipinski definition) is 1. The summed E-state index contributed by atoms with van der Waals surface area (Å²) < 4.78 is 42.0. The third-order valence-corrected chi connectivity index (χ3v) is 2.93. The van der Waals surface area contributed by atoms with Gasteiger partial charge in [0.25, 0.3) is 5.91 Å². The van der Waals surface area contributed by atoms with Gasteiger partial charge in [0.1, 0.15) is 5.75 Å². The minimum Gasteiger partial charge on any atom is -0.482 e. The first-order valence-electron chi connectivity index (χ1n) is 6.05. The lowest BCUT2D eigenvalue weighted by atomic mass is 10.2. The zero-order chi connectivity index (χ0) is 16.2. The Hall–Kier alpha value is -2.09. The fourth-order valence-corrected chi connectivity index (χ4v) is 1.95. The third-order valence-electron chi connectivity index (χ3n) is 2.49. The van der Waals surface area contributed by atoms with Crippen molar-refractivity contribution in [1.82, 2.24) is 4.98 Å². The van der Waals surface area contributed by atoms with Crippen LogP contribution in [0.5, 0.6) is 5.75 Å². The van der Waals surface area contributed by atoms with E-state index in [1.807, 2.05) is 0 Å². The number of nitrogens with one attached hydrogen (secondary N) is 1. The number of aromatic nitrogens is 1. The van der Waals surface area contributed by atoms with E-state index in [1.165, 1.54) is 30.6 Å². The van der Waals surface area contributed by atoms with Crippen molar-refractivity contribution in [2.45, 2.75) is 6.18 Å². The Morgan fingerprint density at radius 3 is 2.68 bits per heavy atom. The van der Waals surface area contributed by atoms with Crippen LogP contribution < -0.4 is 10.1 Å². The Balaban J connectivity index is 2.14. The number of carbonyl (C=O) groups is 1. The van der Waals surface area contributed by atoms with Crippen molar-refractivity contribution in [2.24, 2.45) is 0 Å². The van der Waals surface area contributed by atoms with Crippen LogP contribution in [0.1, 0.15) is 10.4 Å². The number of rotatable bonds is 4. The van der Waals surface area contributed by atoms with Gasteiger partial charge in [0.15, 0.2) is 6.61 Å². The predicted molar refractivity (Wildman–Crippen MR) is 77.9 cm³/mol. The molecule has 0 spiro atoms. The lowest BCUT2D eigenvalue weighted by Gasteiger charge is -2.13. The Labute approximate surface area is 132 Å². The molecule has 1 heterocycles. The van der Waals surface area contributed by atoms with Gasteiger partial charge in [-0.25, -0.2) is 0 Å². The molecule has 116 valence electrons. The summed E-state index contributed by atoms with van der Waals surface area (Å²) in [6.07, 6.45) is -1.60. The molecule has 1 aromatic heterocycles. The van der Waals surface area contributed by atoms with Crippen LogP contribution in [-0.2, 0) is 0 Å². The molecule has 8 heteroatoms. The van der Waals surface area contributed by atoms with Gasteiger partial charge in [-0.2, -0.15) is 13.2 Å². The fourth-order valence-electron chi connectivity index (χ4n) is 1.59. The van der Waals surface area contributed by atoms with E-state index in [0.29, 0.717) is 4.47 Å². The molecule has 0 aliphatic heterocycles. The zero-order valence-electron chi connectivity index (χ0n) is 11.0. The predicted octanol–water partition coefficient (Wildman–Crippen LogP) is 4.04. The molecule has 0 aliphatic carbocycles. The van der Waals surface area contributed by atoms with E-state index in [1.54, 1.807) is 12.1 Å². The summed E-state index contributed by atoms with van der Waals surface area (Å²) in [5.74, 6) is -0.562. The maximum atomic E-state index is 12.2. The van der Waals surface area contributed by atoms with Crippen LogP contribution >= 0.6 is 15.9 Å². The summed E-state index contributed by atoms with van der Waals surface area (Å²) in [5.41, 5.74) is 0.414. The van der Waals surface area contributed by atoms with E-state index in [2.05, 4.69) is 26.2 Å². The second-order valence-electron chi connectivity index (χ2n) is 4.25. The SMILES string of the molecule is O=C(Nc1ccccc1OCC(F)(F)F)c1cncc(Br)c1. The number of alkyl halides is 3. The average molecular weight is 375 g/mol. The Bertz CT molecular complexity index is 677. The van der Waals surface area contributed by atoms with Gasteiger partial charge in [0.2, 0.25) is 0 Å². The lowest BCUT2D eigenvalue weighted by molar-refractivity contribution is -0.153. The summed E-state index contributed by atoms with van der Waals surface area (Å²) in [5, 5.41) is 2.50. The normalized spacial score (nSPS) is 11.1. The largest absolute Gasteiger partial charge is 0.482 e. The number of pyridine rings is 1. The molecule has 0 unspecified atom stereocenters. The summed E-state index contributed by atoms with van der Waals surface area (Å²) in [7, 11) is 0. The summed E-state index contributed by atoms with van der Waals surface area (Å²) in [6, 6.07) is 7.44. The van der Waals surface area contributed by atoms with E-state index >= 15 is 0 Å². The Morgan fingerprint density at radius 2 is 2.00 bits per heavy atom. The number of benzene rings is 1. The fraction of sp³-hybridized carbons (Fsp3) is 0.143. The summed E-state index contributed by atoms with van der Waals surface area (Å²) >= 11 is 3.18. The quantitative estimate of drug-likeness (QED) is 0.878. The second kappa shape index (κ2) is 6.78. The molecule has 0 fully saturated rings. The van der Waals surface area contributed by atoms with Gasteiger partial charge in [0, 0.05) is 16.9 Å². The maximum absolute atomic E-state index is 12.2. The van der Waals surface area contributed by atoms with Crippen molar-refractivity contribution < 1.29 is 22.7 Å². The van der Waals surface area contributed by atoms with Crippen LogP contribution in [0.25, 0.3) is 0 Å². The summed E-state index contributed by atoms with van der Waals surface area (Å²) in [6.45, 7) is -1.43. The highest BCUT2D eigenvalue weighted by molar-refractivity contribution is 9.10. The molecule has 1 N–H and O–H groups in total. The molecule has 1 aromatic carbocycles. The smallest absolute Gasteiger partial charge is 0.422 e. The minimum atomic E-state index is -4.45. The Morgan fingerprint density at radius 1 is 1.27 bits per heavy atom. The highest BCUT2D eigenvalue weighted by Crippen LogP contribution is 2.26. The molecule has 1 amide bonds. The first-order chi connectivity index (χ1) is 10.3. The summed E-state index contributed by atoms with van der Waals surface area (Å²) in [4.78, 5) is 15.9. The molecule has 4 nitrogen and oxygen atoms in total. The molecule has 0 saturated carbocycles. The van der Waals surface area contributed by atoms with Crippen LogP contribution in [0.2, 0.25) is 0 Å². The number of nitrogens with zero attached hydrogens (tertiary/aromatic N) is 1. The molecular weight excluding hydrogens is 365 g/mol. The number of halogens is 4. The zero-order valence-corrected chi connectivity index (χ0v) is 12.6. The number of ether oxygens (including phenoxy) is 1. The van der Waals surface area contributed by atoms with Gasteiger partial charge >= 0.3 is 6.18 Å². The second-order valence-corrected chi connectivity index (χ2v) is 5.16. The van der Waals surface area contributed by atoms with Crippen molar-refractivity contribution >= 4 is 27.5 Å². The van der Waals surface area contributed by atoms with Crippen molar-refractivity contribution in [2.75, 3.05) is 11.9 Å². The number of para-hydroxylation sites is 2. The molecule has 0 aliphatic rings. The third kappa shape index (κ3) is 4.73. The first kappa shape index (κ1) is 16.3. The van der Waals surface area contributed by atoms with Gasteiger partial charge in [-0.1, -0.05) is 12.1 Å². The van der Waals surface area contributed by atoms with Crippen molar-refractivity contribution in [1.29, 1.82) is 0 Å². The molecule has 0 bridgehead atoms. The van der Waals surface area contributed by atoms with E-state index in [9.17, 15) is 18.0 Å². The number of anilines is 1.